The van der Waals surface area contributed by atoms with Crippen LogP contribution in [-0.2, 0) is 0 Å². The molecular formula is C14H19N3S. The molecule has 2 aromatic rings. The van der Waals surface area contributed by atoms with Gasteiger partial charge < -0.3 is 10.6 Å². The Morgan fingerprint density at radius 2 is 2.17 bits per heavy atom. The van der Waals surface area contributed by atoms with Gasteiger partial charge in [0.15, 0.2) is 0 Å². The number of hydrogen-bond acceptors (Lipinski definition) is 4. The maximum Gasteiger partial charge on any atom is 0.0552 e. The third kappa shape index (κ3) is 3.47. The van der Waals surface area contributed by atoms with Gasteiger partial charge in [-0.2, -0.15) is 11.3 Å². The molecule has 2 N–H and O–H groups in total. The Kier molecular flexibility index (Phi) is 4.59. The highest BCUT2D eigenvalue weighted by Gasteiger charge is 2.05. The van der Waals surface area contributed by atoms with E-state index in [-0.39, 0.29) is 0 Å². The van der Waals surface area contributed by atoms with Crippen molar-refractivity contribution in [2.75, 3.05) is 17.2 Å². The number of pyridine rings is 1. The molecule has 0 saturated heterocycles. The summed E-state index contributed by atoms with van der Waals surface area (Å²) in [6.07, 6.45) is 4.83. The van der Waals surface area contributed by atoms with E-state index >= 15 is 0 Å². The van der Waals surface area contributed by atoms with Crippen molar-refractivity contribution in [2.24, 2.45) is 0 Å². The number of rotatable bonds is 6. The molecule has 0 spiro atoms. The van der Waals surface area contributed by atoms with Crippen molar-refractivity contribution in [3.63, 3.8) is 0 Å². The Morgan fingerprint density at radius 1 is 1.33 bits per heavy atom. The molecule has 0 aliphatic carbocycles. The lowest BCUT2D eigenvalue weighted by molar-refractivity contribution is 0.888. The molecule has 2 aromatic heterocycles. The van der Waals surface area contributed by atoms with E-state index in [1.165, 1.54) is 5.56 Å². The van der Waals surface area contributed by atoms with Crippen molar-refractivity contribution >= 4 is 22.7 Å². The Morgan fingerprint density at radius 3 is 2.89 bits per heavy atom. The zero-order valence-electron chi connectivity index (χ0n) is 10.8. The minimum atomic E-state index is 0.305. The topological polar surface area (TPSA) is 37.0 Å². The second-order valence-corrected chi connectivity index (χ2v) is 5.09. The van der Waals surface area contributed by atoms with Crippen LogP contribution in [0, 0.1) is 0 Å². The zero-order valence-corrected chi connectivity index (χ0v) is 11.6. The van der Waals surface area contributed by atoms with Crippen LogP contribution >= 0.6 is 11.3 Å². The molecule has 0 aliphatic heterocycles. The van der Waals surface area contributed by atoms with E-state index in [9.17, 15) is 0 Å². The summed E-state index contributed by atoms with van der Waals surface area (Å²) in [6, 6.07) is 4.56. The molecular weight excluding hydrogens is 242 g/mol. The first-order chi connectivity index (χ1) is 8.79. The Bertz CT molecular complexity index is 468. The second-order valence-electron chi connectivity index (χ2n) is 4.31. The zero-order chi connectivity index (χ0) is 12.8. The maximum absolute atomic E-state index is 4.25. The number of nitrogens with zero attached hydrogens (tertiary/aromatic N) is 1. The Labute approximate surface area is 112 Å². The van der Waals surface area contributed by atoms with Crippen LogP contribution in [0.25, 0.3) is 0 Å². The summed E-state index contributed by atoms with van der Waals surface area (Å²) in [5.74, 6) is 0. The van der Waals surface area contributed by atoms with Gasteiger partial charge in [-0.15, -0.1) is 0 Å². The van der Waals surface area contributed by atoms with Crippen molar-refractivity contribution in [3.05, 3.63) is 40.8 Å². The van der Waals surface area contributed by atoms with Crippen LogP contribution in [0.5, 0.6) is 0 Å². The molecule has 0 radical (unpaired) electrons. The minimum absolute atomic E-state index is 0.305. The highest BCUT2D eigenvalue weighted by molar-refractivity contribution is 7.07. The van der Waals surface area contributed by atoms with Crippen LogP contribution in [0.3, 0.4) is 0 Å². The highest BCUT2D eigenvalue weighted by Crippen LogP contribution is 2.22. The largest absolute Gasteiger partial charge is 0.384 e. The smallest absolute Gasteiger partial charge is 0.0552 e. The monoisotopic (exact) mass is 261 g/mol. The lowest BCUT2D eigenvalue weighted by Gasteiger charge is -2.14. The molecule has 0 fully saturated rings. The van der Waals surface area contributed by atoms with Crippen LogP contribution in [0.4, 0.5) is 11.4 Å². The molecule has 96 valence electrons. The first-order valence-corrected chi connectivity index (χ1v) is 7.21. The summed E-state index contributed by atoms with van der Waals surface area (Å²) in [6.45, 7) is 5.29. The normalized spacial score (nSPS) is 12.1. The van der Waals surface area contributed by atoms with E-state index < -0.39 is 0 Å². The van der Waals surface area contributed by atoms with Crippen molar-refractivity contribution in [1.29, 1.82) is 0 Å². The van der Waals surface area contributed by atoms with E-state index in [1.807, 2.05) is 12.4 Å². The van der Waals surface area contributed by atoms with E-state index in [4.69, 9.17) is 0 Å². The molecule has 0 saturated carbocycles. The standard InChI is InChI=1S/C14H19N3S/c1-3-5-16-13-7-14(9-15-8-13)17-11(2)12-4-6-18-10-12/h4,6-11,16-17H,3,5H2,1-2H3. The fourth-order valence-corrected chi connectivity index (χ4v) is 2.49. The molecule has 0 aliphatic rings. The molecule has 2 heterocycles. The molecule has 1 unspecified atom stereocenters. The number of hydrogen-bond donors (Lipinski definition) is 2. The van der Waals surface area contributed by atoms with E-state index in [0.717, 1.165) is 24.3 Å². The van der Waals surface area contributed by atoms with Crippen molar-refractivity contribution in [1.82, 2.24) is 4.98 Å². The first kappa shape index (κ1) is 12.9. The predicted octanol–water partition coefficient (Wildman–Crippen LogP) is 4.14. The summed E-state index contributed by atoms with van der Waals surface area (Å²) >= 11 is 1.72. The first-order valence-electron chi connectivity index (χ1n) is 6.27. The van der Waals surface area contributed by atoms with Gasteiger partial charge in [-0.25, -0.2) is 0 Å². The van der Waals surface area contributed by atoms with Gasteiger partial charge in [0.2, 0.25) is 0 Å². The third-order valence-electron chi connectivity index (χ3n) is 2.74. The van der Waals surface area contributed by atoms with Crippen LogP contribution in [0.15, 0.2) is 35.3 Å². The third-order valence-corrected chi connectivity index (χ3v) is 3.45. The molecule has 2 rings (SSSR count). The molecule has 0 aromatic carbocycles. The van der Waals surface area contributed by atoms with Crippen LogP contribution < -0.4 is 10.6 Å². The number of thiophene rings is 1. The van der Waals surface area contributed by atoms with Crippen molar-refractivity contribution < 1.29 is 0 Å². The average molecular weight is 261 g/mol. The second kappa shape index (κ2) is 6.40. The molecule has 1 atom stereocenters. The van der Waals surface area contributed by atoms with Crippen LogP contribution in [-0.4, -0.2) is 11.5 Å². The molecule has 18 heavy (non-hydrogen) atoms. The maximum atomic E-state index is 4.25. The van der Waals surface area contributed by atoms with E-state index in [0.29, 0.717) is 6.04 Å². The number of nitrogens with one attached hydrogen (secondary N) is 2. The lowest BCUT2D eigenvalue weighted by Crippen LogP contribution is -2.07. The molecule has 4 heteroatoms. The SMILES string of the molecule is CCCNc1cncc(NC(C)c2ccsc2)c1. The lowest BCUT2D eigenvalue weighted by atomic mass is 10.2. The molecule has 0 amide bonds. The summed E-state index contributed by atoms with van der Waals surface area (Å²) in [4.78, 5) is 4.25. The van der Waals surface area contributed by atoms with Gasteiger partial charge in [-0.1, -0.05) is 6.92 Å². The fourth-order valence-electron chi connectivity index (χ4n) is 1.74. The minimum Gasteiger partial charge on any atom is -0.384 e. The van der Waals surface area contributed by atoms with Crippen LogP contribution in [0.1, 0.15) is 31.9 Å². The van der Waals surface area contributed by atoms with Gasteiger partial charge in [0.05, 0.1) is 23.8 Å². The Balaban J connectivity index is 2.00. The van der Waals surface area contributed by atoms with Gasteiger partial charge in [-0.3, -0.25) is 4.98 Å². The quantitative estimate of drug-likeness (QED) is 0.820. The van der Waals surface area contributed by atoms with Crippen molar-refractivity contribution in [3.8, 4) is 0 Å². The summed E-state index contributed by atoms with van der Waals surface area (Å²) in [5, 5.41) is 11.1. The molecule has 0 bridgehead atoms. The van der Waals surface area contributed by atoms with Gasteiger partial charge in [0.1, 0.15) is 0 Å². The van der Waals surface area contributed by atoms with Gasteiger partial charge in [0, 0.05) is 12.6 Å². The van der Waals surface area contributed by atoms with E-state index in [1.54, 1.807) is 11.3 Å². The van der Waals surface area contributed by atoms with Crippen LogP contribution in [0.2, 0.25) is 0 Å². The number of aromatic nitrogens is 1. The van der Waals surface area contributed by atoms with Gasteiger partial charge >= 0.3 is 0 Å². The average Bonchev–Trinajstić information content (AvgIpc) is 2.91. The van der Waals surface area contributed by atoms with Gasteiger partial charge in [0.25, 0.3) is 0 Å². The predicted molar refractivity (Wildman–Crippen MR) is 79.4 cm³/mol. The summed E-state index contributed by atoms with van der Waals surface area (Å²) in [7, 11) is 0. The Hall–Kier alpha value is -1.55. The summed E-state index contributed by atoms with van der Waals surface area (Å²) in [5.41, 5.74) is 3.43. The molecule has 3 nitrogen and oxygen atoms in total. The summed E-state index contributed by atoms with van der Waals surface area (Å²) < 4.78 is 0. The van der Waals surface area contributed by atoms with Crippen molar-refractivity contribution in [2.45, 2.75) is 26.3 Å². The highest BCUT2D eigenvalue weighted by atomic mass is 32.1. The van der Waals surface area contributed by atoms with E-state index in [2.05, 4.69) is 52.4 Å². The number of anilines is 2. The van der Waals surface area contributed by atoms with Gasteiger partial charge in [-0.05, 0) is 41.8 Å². The fraction of sp³-hybridized carbons (Fsp3) is 0.357.